The second-order valence-electron chi connectivity index (χ2n) is 3.52. The number of aromatic nitrogens is 1. The minimum atomic E-state index is 0. The van der Waals surface area contributed by atoms with Crippen LogP contribution in [0.4, 0.5) is 0 Å². The van der Waals surface area contributed by atoms with E-state index in [1.165, 1.54) is 10.6 Å². The van der Waals surface area contributed by atoms with Crippen molar-refractivity contribution in [2.75, 3.05) is 33.7 Å². The molecule has 0 aliphatic rings. The molecular formula is C10H20ClN3S. The maximum absolute atomic E-state index is 4.24. The first-order valence-electron chi connectivity index (χ1n) is 4.96. The quantitative estimate of drug-likeness (QED) is 0.830. The van der Waals surface area contributed by atoms with Gasteiger partial charge in [0, 0.05) is 24.5 Å². The van der Waals surface area contributed by atoms with E-state index in [1.807, 2.05) is 12.6 Å². The summed E-state index contributed by atoms with van der Waals surface area (Å²) in [5, 5.41) is 3.15. The molecule has 0 aliphatic heterocycles. The second-order valence-corrected chi connectivity index (χ2v) is 4.46. The van der Waals surface area contributed by atoms with Crippen LogP contribution in [0.1, 0.15) is 10.6 Å². The highest BCUT2D eigenvalue weighted by molar-refractivity contribution is 7.09. The van der Waals surface area contributed by atoms with Crippen molar-refractivity contribution in [2.24, 2.45) is 0 Å². The van der Waals surface area contributed by atoms with E-state index in [4.69, 9.17) is 0 Å². The van der Waals surface area contributed by atoms with Crippen LogP contribution in [0.3, 0.4) is 0 Å². The number of nitrogens with zero attached hydrogens (tertiary/aromatic N) is 2. The van der Waals surface area contributed by atoms with Crippen LogP contribution in [0.25, 0.3) is 0 Å². The fraction of sp³-hybridized carbons (Fsp3) is 0.700. The lowest BCUT2D eigenvalue weighted by Crippen LogP contribution is -2.29. The molecule has 1 heterocycles. The van der Waals surface area contributed by atoms with Gasteiger partial charge in [0.2, 0.25) is 0 Å². The SMILES string of the molecule is CNCCN(C)CCc1scnc1C.Cl. The second kappa shape index (κ2) is 8.05. The summed E-state index contributed by atoms with van der Waals surface area (Å²) in [5.74, 6) is 0. The van der Waals surface area contributed by atoms with Gasteiger partial charge in [-0.15, -0.1) is 23.7 Å². The molecule has 3 nitrogen and oxygen atoms in total. The number of halogens is 1. The molecule has 0 unspecified atom stereocenters. The Morgan fingerprint density at radius 3 is 2.73 bits per heavy atom. The lowest BCUT2D eigenvalue weighted by molar-refractivity contribution is 0.340. The van der Waals surface area contributed by atoms with Crippen LogP contribution in [0.2, 0.25) is 0 Å². The van der Waals surface area contributed by atoms with Gasteiger partial charge in [-0.2, -0.15) is 0 Å². The predicted molar refractivity (Wildman–Crippen MR) is 69.2 cm³/mol. The number of thiazole rings is 1. The molecule has 1 aromatic rings. The van der Waals surface area contributed by atoms with Gasteiger partial charge in [-0.3, -0.25) is 0 Å². The van der Waals surface area contributed by atoms with E-state index in [-0.39, 0.29) is 12.4 Å². The molecule has 5 heteroatoms. The molecule has 0 spiro atoms. The summed E-state index contributed by atoms with van der Waals surface area (Å²) in [4.78, 5) is 8.01. The minimum absolute atomic E-state index is 0. The van der Waals surface area contributed by atoms with Crippen LogP contribution < -0.4 is 5.32 Å². The van der Waals surface area contributed by atoms with E-state index in [1.54, 1.807) is 11.3 Å². The zero-order valence-electron chi connectivity index (χ0n) is 9.62. The van der Waals surface area contributed by atoms with Crippen LogP contribution in [0.5, 0.6) is 0 Å². The lowest BCUT2D eigenvalue weighted by atomic mass is 10.3. The van der Waals surface area contributed by atoms with Gasteiger partial charge in [0.05, 0.1) is 11.2 Å². The molecule has 15 heavy (non-hydrogen) atoms. The van der Waals surface area contributed by atoms with E-state index in [0.29, 0.717) is 0 Å². The van der Waals surface area contributed by atoms with E-state index < -0.39 is 0 Å². The Bertz CT molecular complexity index is 265. The van der Waals surface area contributed by atoms with Crippen LogP contribution in [0.15, 0.2) is 5.51 Å². The first-order chi connectivity index (χ1) is 6.74. The average molecular weight is 250 g/mol. The van der Waals surface area contributed by atoms with Crippen molar-refractivity contribution in [3.05, 3.63) is 16.1 Å². The number of nitrogens with one attached hydrogen (secondary N) is 1. The normalized spacial score (nSPS) is 10.4. The maximum atomic E-state index is 4.24. The van der Waals surface area contributed by atoms with Gasteiger partial charge in [-0.1, -0.05) is 0 Å². The van der Waals surface area contributed by atoms with Crippen molar-refractivity contribution >= 4 is 23.7 Å². The molecule has 0 aliphatic carbocycles. The highest BCUT2D eigenvalue weighted by atomic mass is 35.5. The standard InChI is InChI=1S/C10H19N3S.ClH/c1-9-10(14-8-12-9)4-6-13(3)7-5-11-2;/h8,11H,4-7H2,1-3H3;1H. The van der Waals surface area contributed by atoms with Crippen LogP contribution in [0, 0.1) is 6.92 Å². The predicted octanol–water partition coefficient (Wildman–Crippen LogP) is 1.57. The monoisotopic (exact) mass is 249 g/mol. The van der Waals surface area contributed by atoms with Crippen LogP contribution in [-0.4, -0.2) is 43.6 Å². The molecule has 0 aromatic carbocycles. The summed E-state index contributed by atoms with van der Waals surface area (Å²) in [5.41, 5.74) is 3.12. The third kappa shape index (κ3) is 5.47. The third-order valence-electron chi connectivity index (χ3n) is 2.31. The summed E-state index contributed by atoms with van der Waals surface area (Å²) in [7, 11) is 4.15. The number of hydrogen-bond acceptors (Lipinski definition) is 4. The largest absolute Gasteiger partial charge is 0.318 e. The van der Waals surface area contributed by atoms with Crippen LogP contribution >= 0.6 is 23.7 Å². The summed E-state index contributed by atoms with van der Waals surface area (Å²) >= 11 is 1.76. The Morgan fingerprint density at radius 1 is 1.47 bits per heavy atom. The lowest BCUT2D eigenvalue weighted by Gasteiger charge is -2.15. The molecule has 1 rings (SSSR count). The Balaban J connectivity index is 0.00000196. The third-order valence-corrected chi connectivity index (χ3v) is 3.30. The summed E-state index contributed by atoms with van der Waals surface area (Å²) in [6, 6.07) is 0. The van der Waals surface area contributed by atoms with Crippen molar-refractivity contribution < 1.29 is 0 Å². The fourth-order valence-corrected chi connectivity index (χ4v) is 2.04. The highest BCUT2D eigenvalue weighted by Crippen LogP contribution is 2.12. The van der Waals surface area contributed by atoms with Gasteiger partial charge in [0.15, 0.2) is 0 Å². The molecule has 0 bridgehead atoms. The molecule has 1 N–H and O–H groups in total. The van der Waals surface area contributed by atoms with E-state index in [0.717, 1.165) is 26.1 Å². The van der Waals surface area contributed by atoms with Gasteiger partial charge < -0.3 is 10.2 Å². The molecular weight excluding hydrogens is 230 g/mol. The smallest absolute Gasteiger partial charge is 0.0797 e. The first-order valence-corrected chi connectivity index (χ1v) is 5.84. The maximum Gasteiger partial charge on any atom is 0.0797 e. The Hall–Kier alpha value is -0.160. The van der Waals surface area contributed by atoms with Gasteiger partial charge in [-0.25, -0.2) is 4.98 Å². The molecule has 1 aromatic heterocycles. The van der Waals surface area contributed by atoms with Gasteiger partial charge >= 0.3 is 0 Å². The van der Waals surface area contributed by atoms with E-state index in [2.05, 4.69) is 29.2 Å². The molecule has 0 atom stereocenters. The Labute approximate surface area is 102 Å². The van der Waals surface area contributed by atoms with Crippen molar-refractivity contribution in [1.82, 2.24) is 15.2 Å². The molecule has 0 amide bonds. The number of hydrogen-bond donors (Lipinski definition) is 1. The number of rotatable bonds is 6. The highest BCUT2D eigenvalue weighted by Gasteiger charge is 2.03. The summed E-state index contributed by atoms with van der Waals surface area (Å²) in [6.07, 6.45) is 1.12. The van der Waals surface area contributed by atoms with Crippen LogP contribution in [-0.2, 0) is 6.42 Å². The van der Waals surface area contributed by atoms with Gasteiger partial charge in [0.1, 0.15) is 0 Å². The molecule has 0 saturated carbocycles. The summed E-state index contributed by atoms with van der Waals surface area (Å²) in [6.45, 7) is 5.36. The van der Waals surface area contributed by atoms with Crippen molar-refractivity contribution in [1.29, 1.82) is 0 Å². The zero-order valence-corrected chi connectivity index (χ0v) is 11.2. The average Bonchev–Trinajstić information content (AvgIpc) is 2.58. The molecule has 0 fully saturated rings. The van der Waals surface area contributed by atoms with Crippen molar-refractivity contribution in [2.45, 2.75) is 13.3 Å². The topological polar surface area (TPSA) is 28.2 Å². The summed E-state index contributed by atoms with van der Waals surface area (Å²) < 4.78 is 0. The van der Waals surface area contributed by atoms with Gasteiger partial charge in [-0.05, 0) is 27.4 Å². The van der Waals surface area contributed by atoms with E-state index in [9.17, 15) is 0 Å². The minimum Gasteiger partial charge on any atom is -0.318 e. The van der Waals surface area contributed by atoms with Crippen molar-refractivity contribution in [3.8, 4) is 0 Å². The van der Waals surface area contributed by atoms with Gasteiger partial charge in [0.25, 0.3) is 0 Å². The number of likely N-dealkylation sites (N-methyl/N-ethyl adjacent to an activating group) is 2. The number of aryl methyl sites for hydroxylation is 1. The fourth-order valence-electron chi connectivity index (χ4n) is 1.27. The van der Waals surface area contributed by atoms with E-state index >= 15 is 0 Å². The Kier molecular flexibility index (Phi) is 7.96. The molecule has 0 saturated heterocycles. The molecule has 88 valence electrons. The zero-order chi connectivity index (χ0) is 10.4. The first kappa shape index (κ1) is 14.8. The van der Waals surface area contributed by atoms with Crippen molar-refractivity contribution in [3.63, 3.8) is 0 Å². The molecule has 0 radical (unpaired) electrons. The Morgan fingerprint density at radius 2 is 2.20 bits per heavy atom.